The SMILES string of the molecule is COc1ccccc1NC(=O)[C@H](C)Sc1nncn1C(C)C. The first-order chi connectivity index (χ1) is 10.5. The second kappa shape index (κ2) is 7.31. The lowest BCUT2D eigenvalue weighted by molar-refractivity contribution is -0.115. The minimum absolute atomic E-state index is 0.104. The van der Waals surface area contributed by atoms with Gasteiger partial charge in [-0.05, 0) is 32.9 Å². The molecule has 1 amide bonds. The van der Waals surface area contributed by atoms with Gasteiger partial charge in [-0.2, -0.15) is 0 Å². The van der Waals surface area contributed by atoms with Crippen LogP contribution in [-0.4, -0.2) is 33.0 Å². The predicted octanol–water partition coefficient (Wildman–Crippen LogP) is 2.99. The summed E-state index contributed by atoms with van der Waals surface area (Å²) in [5, 5.41) is 11.3. The standard InChI is InChI=1S/C15H20N4O2S/c1-10(2)19-9-16-18-15(19)22-11(3)14(20)17-12-7-5-6-8-13(12)21-4/h5-11H,1-4H3,(H,17,20)/t11-/m0/s1. The zero-order valence-electron chi connectivity index (χ0n) is 13.1. The number of nitrogens with one attached hydrogen (secondary N) is 1. The summed E-state index contributed by atoms with van der Waals surface area (Å²) in [6.45, 7) is 5.94. The highest BCUT2D eigenvalue weighted by Crippen LogP contribution is 2.27. The average Bonchev–Trinajstić information content (AvgIpc) is 2.96. The fourth-order valence-corrected chi connectivity index (χ4v) is 2.82. The van der Waals surface area contributed by atoms with Gasteiger partial charge >= 0.3 is 0 Å². The number of thioether (sulfide) groups is 1. The highest BCUT2D eigenvalue weighted by Gasteiger charge is 2.19. The van der Waals surface area contributed by atoms with Gasteiger partial charge in [0.2, 0.25) is 5.91 Å². The van der Waals surface area contributed by atoms with Crippen LogP contribution >= 0.6 is 11.8 Å². The van der Waals surface area contributed by atoms with Crippen molar-refractivity contribution in [3.05, 3.63) is 30.6 Å². The molecule has 7 heteroatoms. The molecule has 2 aromatic rings. The normalized spacial score (nSPS) is 12.2. The van der Waals surface area contributed by atoms with Gasteiger partial charge in [-0.25, -0.2) is 0 Å². The largest absolute Gasteiger partial charge is 0.495 e. The van der Waals surface area contributed by atoms with Crippen LogP contribution in [0.15, 0.2) is 35.7 Å². The second-order valence-electron chi connectivity index (χ2n) is 5.06. The third kappa shape index (κ3) is 3.79. The van der Waals surface area contributed by atoms with E-state index in [1.807, 2.05) is 49.6 Å². The van der Waals surface area contributed by atoms with Crippen LogP contribution in [0.2, 0.25) is 0 Å². The van der Waals surface area contributed by atoms with E-state index in [4.69, 9.17) is 4.74 Å². The number of hydrogen-bond acceptors (Lipinski definition) is 5. The summed E-state index contributed by atoms with van der Waals surface area (Å²) in [6, 6.07) is 7.58. The van der Waals surface area contributed by atoms with E-state index >= 15 is 0 Å². The Balaban J connectivity index is 2.05. The Morgan fingerprint density at radius 3 is 2.73 bits per heavy atom. The number of para-hydroxylation sites is 2. The highest BCUT2D eigenvalue weighted by molar-refractivity contribution is 8.00. The van der Waals surface area contributed by atoms with Crippen molar-refractivity contribution in [3.63, 3.8) is 0 Å². The predicted molar refractivity (Wildman–Crippen MR) is 87.3 cm³/mol. The molecule has 0 bridgehead atoms. The number of nitrogens with zero attached hydrogens (tertiary/aromatic N) is 3. The van der Waals surface area contributed by atoms with Crippen LogP contribution in [0.25, 0.3) is 0 Å². The van der Waals surface area contributed by atoms with Gasteiger partial charge < -0.3 is 14.6 Å². The van der Waals surface area contributed by atoms with Crippen LogP contribution in [0.4, 0.5) is 5.69 Å². The van der Waals surface area contributed by atoms with Crippen molar-refractivity contribution in [1.82, 2.24) is 14.8 Å². The first-order valence-electron chi connectivity index (χ1n) is 7.03. The van der Waals surface area contributed by atoms with E-state index in [0.717, 1.165) is 5.16 Å². The fourth-order valence-electron chi connectivity index (χ4n) is 1.86. The second-order valence-corrected chi connectivity index (χ2v) is 6.37. The smallest absolute Gasteiger partial charge is 0.237 e. The molecule has 6 nitrogen and oxygen atoms in total. The topological polar surface area (TPSA) is 69.0 Å². The van der Waals surface area contributed by atoms with Crippen LogP contribution in [0.5, 0.6) is 5.75 Å². The summed E-state index contributed by atoms with van der Waals surface area (Å²) in [6.07, 6.45) is 1.68. The summed E-state index contributed by atoms with van der Waals surface area (Å²) in [5.74, 6) is 0.534. The summed E-state index contributed by atoms with van der Waals surface area (Å²) in [4.78, 5) is 12.3. The Kier molecular flexibility index (Phi) is 5.43. The quantitative estimate of drug-likeness (QED) is 0.829. The molecule has 0 aliphatic rings. The van der Waals surface area contributed by atoms with E-state index in [9.17, 15) is 4.79 Å². The van der Waals surface area contributed by atoms with Crippen molar-refractivity contribution < 1.29 is 9.53 Å². The van der Waals surface area contributed by atoms with Crippen molar-refractivity contribution in [2.45, 2.75) is 37.2 Å². The molecule has 1 aromatic carbocycles. The van der Waals surface area contributed by atoms with Gasteiger partial charge in [0.05, 0.1) is 18.0 Å². The lowest BCUT2D eigenvalue weighted by atomic mass is 10.3. The average molecular weight is 320 g/mol. The van der Waals surface area contributed by atoms with E-state index in [0.29, 0.717) is 11.4 Å². The van der Waals surface area contributed by atoms with E-state index in [1.54, 1.807) is 13.4 Å². The molecule has 1 atom stereocenters. The molecule has 0 aliphatic heterocycles. The molecular weight excluding hydrogens is 300 g/mol. The molecule has 1 heterocycles. The molecule has 0 radical (unpaired) electrons. The molecule has 0 fully saturated rings. The van der Waals surface area contributed by atoms with Gasteiger partial charge in [0.1, 0.15) is 12.1 Å². The number of methoxy groups -OCH3 is 1. The lowest BCUT2D eigenvalue weighted by Gasteiger charge is -2.15. The number of ether oxygens (including phenoxy) is 1. The molecule has 0 spiro atoms. The monoisotopic (exact) mass is 320 g/mol. The summed E-state index contributed by atoms with van der Waals surface area (Å²) < 4.78 is 7.18. The zero-order valence-corrected chi connectivity index (χ0v) is 13.9. The number of rotatable bonds is 6. The van der Waals surface area contributed by atoms with Crippen molar-refractivity contribution in [2.24, 2.45) is 0 Å². The van der Waals surface area contributed by atoms with E-state index in [2.05, 4.69) is 15.5 Å². The molecular formula is C15H20N4O2S. The number of aromatic nitrogens is 3. The van der Waals surface area contributed by atoms with Crippen LogP contribution in [0, 0.1) is 0 Å². The zero-order chi connectivity index (χ0) is 16.1. The first kappa shape index (κ1) is 16.4. The van der Waals surface area contributed by atoms with Crippen molar-refractivity contribution in [1.29, 1.82) is 0 Å². The van der Waals surface area contributed by atoms with E-state index in [1.165, 1.54) is 11.8 Å². The third-order valence-corrected chi connectivity index (χ3v) is 4.18. The number of amides is 1. The van der Waals surface area contributed by atoms with Crippen LogP contribution < -0.4 is 10.1 Å². The van der Waals surface area contributed by atoms with Crippen molar-refractivity contribution in [3.8, 4) is 5.75 Å². The minimum Gasteiger partial charge on any atom is -0.495 e. The van der Waals surface area contributed by atoms with E-state index in [-0.39, 0.29) is 17.2 Å². The van der Waals surface area contributed by atoms with Gasteiger partial charge in [-0.15, -0.1) is 10.2 Å². The van der Waals surface area contributed by atoms with Crippen LogP contribution in [0.3, 0.4) is 0 Å². The fraction of sp³-hybridized carbons (Fsp3) is 0.400. The molecule has 2 rings (SSSR count). The Bertz CT molecular complexity index is 642. The van der Waals surface area contributed by atoms with Crippen molar-refractivity contribution >= 4 is 23.4 Å². The summed E-state index contributed by atoms with van der Waals surface area (Å²) >= 11 is 1.38. The number of hydrogen-bond donors (Lipinski definition) is 1. The maximum Gasteiger partial charge on any atom is 0.237 e. The van der Waals surface area contributed by atoms with Gasteiger partial charge in [0, 0.05) is 6.04 Å². The maximum absolute atomic E-state index is 12.3. The summed E-state index contributed by atoms with van der Waals surface area (Å²) in [5.41, 5.74) is 0.660. The molecule has 1 aromatic heterocycles. The molecule has 0 aliphatic carbocycles. The summed E-state index contributed by atoms with van der Waals surface area (Å²) in [7, 11) is 1.58. The van der Waals surface area contributed by atoms with Crippen LogP contribution in [0.1, 0.15) is 26.8 Å². The number of benzene rings is 1. The molecule has 0 saturated carbocycles. The molecule has 22 heavy (non-hydrogen) atoms. The lowest BCUT2D eigenvalue weighted by Crippen LogP contribution is -2.23. The Morgan fingerprint density at radius 2 is 2.05 bits per heavy atom. The third-order valence-electron chi connectivity index (χ3n) is 3.11. The number of carbonyl (C=O) groups excluding carboxylic acids is 1. The Hall–Kier alpha value is -2.02. The first-order valence-corrected chi connectivity index (χ1v) is 7.91. The van der Waals surface area contributed by atoms with Gasteiger partial charge in [0.25, 0.3) is 0 Å². The van der Waals surface area contributed by atoms with Crippen molar-refractivity contribution in [2.75, 3.05) is 12.4 Å². The minimum atomic E-state index is -0.299. The number of carbonyl (C=O) groups is 1. The highest BCUT2D eigenvalue weighted by atomic mass is 32.2. The molecule has 118 valence electrons. The van der Waals surface area contributed by atoms with E-state index < -0.39 is 0 Å². The Labute approximate surface area is 134 Å². The maximum atomic E-state index is 12.3. The van der Waals surface area contributed by atoms with Gasteiger partial charge in [0.15, 0.2) is 5.16 Å². The molecule has 0 saturated heterocycles. The van der Waals surface area contributed by atoms with Gasteiger partial charge in [-0.3, -0.25) is 4.79 Å². The number of anilines is 1. The van der Waals surface area contributed by atoms with Gasteiger partial charge in [-0.1, -0.05) is 23.9 Å². The molecule has 1 N–H and O–H groups in total. The van der Waals surface area contributed by atoms with Crippen LogP contribution in [-0.2, 0) is 4.79 Å². The Morgan fingerprint density at radius 1 is 1.32 bits per heavy atom. The molecule has 0 unspecified atom stereocenters.